The second kappa shape index (κ2) is 6.05. The van der Waals surface area contributed by atoms with Crippen molar-refractivity contribution in [3.8, 4) is 0 Å². The lowest BCUT2D eigenvalue weighted by Crippen LogP contribution is -2.94. The molecule has 0 saturated heterocycles. The molecule has 0 aliphatic heterocycles. The second-order valence-corrected chi connectivity index (χ2v) is 6.67. The SMILES string of the molecule is O=C(F)C1(C(F)F)C(F)C2(C(=O)F)C(F)(F)C(F)C(F)(F)C(C(=O)F)(C1(F)F)C2(F)F. The van der Waals surface area contributed by atoms with E-state index in [1.165, 1.54) is 0 Å². The molecule has 0 N–H and O–H groups in total. The van der Waals surface area contributed by atoms with E-state index in [4.69, 9.17) is 0 Å². The standard InChI is InChI=1S/C13H3F15O3/c14-1-7(3(16)17,4(18)29)12(25,26)9(6(20)31)11(23,24)2(15)10(21,22)8(1,5(19)30)13(9,27)28/h1-3H. The number of carbonyl (C=O) groups is 3. The summed E-state index contributed by atoms with van der Waals surface area (Å²) >= 11 is 0. The third kappa shape index (κ3) is 1.89. The van der Waals surface area contributed by atoms with Crippen LogP contribution in [0.4, 0.5) is 65.9 Å². The van der Waals surface area contributed by atoms with Crippen molar-refractivity contribution in [3.05, 3.63) is 0 Å². The van der Waals surface area contributed by atoms with Gasteiger partial charge >= 0.3 is 30.0 Å². The van der Waals surface area contributed by atoms with Crippen LogP contribution in [-0.2, 0) is 14.4 Å². The number of hydrogen-bond acceptors (Lipinski definition) is 3. The summed E-state index contributed by atoms with van der Waals surface area (Å²) in [5.74, 6) is -30.4. The van der Waals surface area contributed by atoms with Gasteiger partial charge in [-0.15, -0.1) is 0 Å². The Morgan fingerprint density at radius 1 is 0.613 bits per heavy atom. The molecule has 0 heterocycles. The van der Waals surface area contributed by atoms with Crippen molar-refractivity contribution in [2.24, 2.45) is 16.2 Å². The highest BCUT2D eigenvalue weighted by Gasteiger charge is 3.09. The Hall–Kier alpha value is -2.04. The Labute approximate surface area is 158 Å². The summed E-state index contributed by atoms with van der Waals surface area (Å²) in [4.78, 5) is 32.9. The summed E-state index contributed by atoms with van der Waals surface area (Å²) < 4.78 is 211. The van der Waals surface area contributed by atoms with Crippen LogP contribution in [0, 0.1) is 16.2 Å². The summed E-state index contributed by atoms with van der Waals surface area (Å²) in [6, 6.07) is -14.6. The Morgan fingerprint density at radius 3 is 1.32 bits per heavy atom. The van der Waals surface area contributed by atoms with Crippen LogP contribution in [0.5, 0.6) is 0 Å². The molecule has 5 atom stereocenters. The summed E-state index contributed by atoms with van der Waals surface area (Å²) in [5, 5.41) is 0. The van der Waals surface area contributed by atoms with Crippen LogP contribution in [0.3, 0.4) is 0 Å². The van der Waals surface area contributed by atoms with Gasteiger partial charge < -0.3 is 0 Å². The lowest BCUT2D eigenvalue weighted by molar-refractivity contribution is -0.478. The van der Waals surface area contributed by atoms with E-state index >= 15 is 0 Å². The van der Waals surface area contributed by atoms with Crippen LogP contribution < -0.4 is 0 Å². The fourth-order valence-corrected chi connectivity index (χ4v) is 4.17. The van der Waals surface area contributed by atoms with Gasteiger partial charge in [0.25, 0.3) is 23.7 Å². The Bertz CT molecular complexity index is 845. The molecule has 0 amide bonds. The molecule has 18 heteroatoms. The Morgan fingerprint density at radius 2 is 1.03 bits per heavy atom. The number of hydrogen-bond donors (Lipinski definition) is 0. The number of fused-ring (bicyclic) bond motifs is 2. The molecule has 0 spiro atoms. The second-order valence-electron chi connectivity index (χ2n) is 6.67. The molecular formula is C13H3F15O3. The quantitative estimate of drug-likeness (QED) is 0.442. The van der Waals surface area contributed by atoms with Gasteiger partial charge in [0.2, 0.25) is 17.0 Å². The first-order valence-electron chi connectivity index (χ1n) is 7.26. The molecule has 0 aromatic heterocycles. The minimum absolute atomic E-state index is 4.73. The van der Waals surface area contributed by atoms with Gasteiger partial charge in [-0.2, -0.15) is 13.2 Å². The van der Waals surface area contributed by atoms with Crippen molar-refractivity contribution in [1.82, 2.24) is 0 Å². The molecule has 2 fully saturated rings. The summed E-state index contributed by atoms with van der Waals surface area (Å²) in [6.45, 7) is 0. The van der Waals surface area contributed by atoms with E-state index in [1.807, 2.05) is 0 Å². The third-order valence-corrected chi connectivity index (χ3v) is 5.67. The Kier molecular flexibility index (Phi) is 4.92. The molecule has 5 unspecified atom stereocenters. The molecule has 178 valence electrons. The van der Waals surface area contributed by atoms with Gasteiger partial charge in [0.1, 0.15) is 0 Å². The molecule has 0 aromatic carbocycles. The number of halogens is 15. The van der Waals surface area contributed by atoms with E-state index in [-0.39, 0.29) is 0 Å². The molecule has 2 rings (SSSR count). The Balaban J connectivity index is 3.43. The molecule has 2 saturated carbocycles. The van der Waals surface area contributed by atoms with E-state index in [9.17, 15) is 80.2 Å². The fraction of sp³-hybridized carbons (Fsp3) is 0.769. The number of rotatable bonds is 4. The smallest absolute Gasteiger partial charge is 0.260 e. The predicted molar refractivity (Wildman–Crippen MR) is 61.2 cm³/mol. The molecule has 2 bridgehead atoms. The van der Waals surface area contributed by atoms with E-state index in [0.717, 1.165) is 0 Å². The van der Waals surface area contributed by atoms with Gasteiger partial charge in [-0.05, 0) is 0 Å². The first-order valence-corrected chi connectivity index (χ1v) is 7.26. The van der Waals surface area contributed by atoms with Gasteiger partial charge in [-0.1, -0.05) is 0 Å². The molecule has 0 aromatic rings. The zero-order chi connectivity index (χ0) is 25.0. The summed E-state index contributed by atoms with van der Waals surface area (Å²) in [5.41, 5.74) is -21.6. The summed E-state index contributed by atoms with van der Waals surface area (Å²) in [7, 11) is 0. The van der Waals surface area contributed by atoms with E-state index in [1.54, 1.807) is 0 Å². The van der Waals surface area contributed by atoms with Crippen LogP contribution in [0.25, 0.3) is 0 Å². The van der Waals surface area contributed by atoms with E-state index < -0.39 is 76.8 Å². The topological polar surface area (TPSA) is 51.2 Å². The number of carbonyl (C=O) groups excluding carboxylic acids is 3. The van der Waals surface area contributed by atoms with Gasteiger partial charge in [-0.25, -0.2) is 52.7 Å². The normalized spacial score (nSPS) is 42.2. The maximum Gasteiger partial charge on any atom is 0.326 e. The third-order valence-electron chi connectivity index (χ3n) is 5.67. The molecule has 3 nitrogen and oxygen atoms in total. The van der Waals surface area contributed by atoms with Crippen molar-refractivity contribution in [3.63, 3.8) is 0 Å². The maximum absolute atomic E-state index is 14.7. The lowest BCUT2D eigenvalue weighted by atomic mass is 9.40. The predicted octanol–water partition coefficient (Wildman–Crippen LogP) is 3.94. The van der Waals surface area contributed by atoms with Gasteiger partial charge in [0.05, 0.1) is 0 Å². The van der Waals surface area contributed by atoms with Gasteiger partial charge in [-0.3, -0.25) is 14.4 Å². The van der Waals surface area contributed by atoms with Crippen LogP contribution >= 0.6 is 0 Å². The zero-order valence-corrected chi connectivity index (χ0v) is 13.6. The van der Waals surface area contributed by atoms with Crippen molar-refractivity contribution in [2.45, 2.75) is 42.5 Å². The average molecular weight is 492 g/mol. The van der Waals surface area contributed by atoms with Gasteiger partial charge in [0.15, 0.2) is 6.17 Å². The fourth-order valence-electron chi connectivity index (χ4n) is 4.17. The van der Waals surface area contributed by atoms with Crippen molar-refractivity contribution >= 4 is 18.1 Å². The average Bonchev–Trinajstić information content (AvgIpc) is 2.50. The number of alkyl halides is 12. The van der Waals surface area contributed by atoms with Crippen LogP contribution in [-0.4, -0.2) is 60.6 Å². The van der Waals surface area contributed by atoms with Gasteiger partial charge in [0, 0.05) is 0 Å². The molecule has 31 heavy (non-hydrogen) atoms. The highest BCUT2D eigenvalue weighted by atomic mass is 19.3. The maximum atomic E-state index is 14.7. The molecular weight excluding hydrogens is 489 g/mol. The van der Waals surface area contributed by atoms with E-state index in [0.29, 0.717) is 0 Å². The first-order chi connectivity index (χ1) is 13.6. The van der Waals surface area contributed by atoms with Crippen LogP contribution in [0.2, 0.25) is 0 Å². The van der Waals surface area contributed by atoms with E-state index in [2.05, 4.69) is 0 Å². The summed E-state index contributed by atoms with van der Waals surface area (Å²) in [6.07, 6.45) is -18.3. The van der Waals surface area contributed by atoms with Crippen molar-refractivity contribution in [1.29, 1.82) is 0 Å². The van der Waals surface area contributed by atoms with Crippen molar-refractivity contribution in [2.75, 3.05) is 0 Å². The highest BCUT2D eigenvalue weighted by Crippen LogP contribution is 2.82. The minimum atomic E-state index is -7.77. The lowest BCUT2D eigenvalue weighted by Gasteiger charge is -2.66. The molecule has 2 aliphatic carbocycles. The van der Waals surface area contributed by atoms with Crippen LogP contribution in [0.1, 0.15) is 0 Å². The van der Waals surface area contributed by atoms with Crippen LogP contribution in [0.15, 0.2) is 0 Å². The zero-order valence-electron chi connectivity index (χ0n) is 13.6. The highest BCUT2D eigenvalue weighted by molar-refractivity contribution is 5.93. The van der Waals surface area contributed by atoms with Crippen molar-refractivity contribution < 1.29 is 80.2 Å². The molecule has 2 aliphatic rings. The first kappa shape index (κ1) is 25.2. The largest absolute Gasteiger partial charge is 0.326 e. The molecule has 0 radical (unpaired) electrons. The monoisotopic (exact) mass is 492 g/mol. The minimum Gasteiger partial charge on any atom is -0.260 e.